The van der Waals surface area contributed by atoms with Gasteiger partial charge in [0.2, 0.25) is 23.0 Å². The average Bonchev–Trinajstić information content (AvgIpc) is 1.43. The molecule has 6 aliphatic rings. The van der Waals surface area contributed by atoms with E-state index in [0.29, 0.717) is 72.4 Å². The number of aliphatic imine (C=N–C) groups is 5. The number of hydrogen-bond donors (Lipinski definition) is 8. The van der Waals surface area contributed by atoms with E-state index in [1.165, 1.54) is 72.0 Å². The van der Waals surface area contributed by atoms with Crippen molar-refractivity contribution in [2.75, 3.05) is 60.8 Å². The van der Waals surface area contributed by atoms with Crippen LogP contribution in [0.2, 0.25) is 5.28 Å². The summed E-state index contributed by atoms with van der Waals surface area (Å²) in [6, 6.07) is 78.4. The number of aryl methyl sites for hydroxylation is 1. The second-order valence-corrected chi connectivity index (χ2v) is 39.7. The number of unbranched alkanes of at least 4 members (excludes halogenated alkanes) is 1. The SMILES string of the molecule is CCCn1cc2ccc([C@]3(C)CC(=O)N(C)C(N)=N3)cc2n1.CN1C(=O)C(c2ccc(C3CCC3)cc2)[C@@](C)(c2ccc(C#N)s2)N=C1N.CN1C(=O)C(c2ccc3occc3c2)[C@@](C)(c2cc(-c3cnc(Cl)nc3)cs2)N=C1N.COc1ccccc1C(=O)NCc1ccccc1-c1cccc(C2(C)N=C(N)N(C)C2=O)c1.COc1ccccc1NC(=O)NCCCCN1C(=O)C(c2ccccc2)(c2ccccc2)N=C1N. The van der Waals surface area contributed by atoms with E-state index in [1.807, 2.05) is 219 Å². The highest BCUT2D eigenvalue weighted by Crippen LogP contribution is 2.51. The van der Waals surface area contributed by atoms with Crippen molar-refractivity contribution in [2.24, 2.45) is 53.6 Å². The fourth-order valence-electron chi connectivity index (χ4n) is 19.0. The molecule has 13 N–H and O–H groups in total. The highest BCUT2D eigenvalue weighted by Gasteiger charge is 2.53. The van der Waals surface area contributed by atoms with Crippen LogP contribution in [0.5, 0.6) is 11.5 Å². The number of para-hydroxylation sites is 3. The van der Waals surface area contributed by atoms with E-state index in [2.05, 4.69) is 78.3 Å². The number of thiophene rings is 2. The summed E-state index contributed by atoms with van der Waals surface area (Å²) in [6.07, 6.45) is 13.5. The average molecular weight is 2040 g/mol. The van der Waals surface area contributed by atoms with Gasteiger partial charge >= 0.3 is 6.03 Å². The number of rotatable bonds is 24. The van der Waals surface area contributed by atoms with Crippen molar-refractivity contribution in [2.45, 2.75) is 138 Å². The van der Waals surface area contributed by atoms with Crippen molar-refractivity contribution >= 4 is 133 Å². The summed E-state index contributed by atoms with van der Waals surface area (Å²) < 4.78 is 18.0. The lowest BCUT2D eigenvalue weighted by molar-refractivity contribution is -0.131. The molecule has 5 aliphatic heterocycles. The van der Waals surface area contributed by atoms with Crippen LogP contribution in [0.3, 0.4) is 0 Å². The molecule has 8 amide bonds. The third kappa shape index (κ3) is 21.5. The highest BCUT2D eigenvalue weighted by molar-refractivity contribution is 7.12. The Bertz CT molecular complexity index is 7480. The number of benzene rings is 9. The molecule has 14 aromatic rings. The number of halogens is 1. The molecule has 1 saturated carbocycles. The first-order valence-corrected chi connectivity index (χ1v) is 50.4. The number of aromatic nitrogens is 4. The van der Waals surface area contributed by atoms with Gasteiger partial charge < -0.3 is 58.5 Å². The minimum atomic E-state index is -1.19. The fraction of sp³-hybridized carbons (Fsp3) is 0.268. The zero-order valence-electron chi connectivity index (χ0n) is 83.9. The number of guanidine groups is 5. The van der Waals surface area contributed by atoms with Crippen molar-refractivity contribution in [3.63, 3.8) is 0 Å². The molecule has 148 heavy (non-hydrogen) atoms. The van der Waals surface area contributed by atoms with Crippen LogP contribution in [-0.2, 0) is 64.8 Å². The lowest BCUT2D eigenvalue weighted by Crippen LogP contribution is -2.52. The van der Waals surface area contributed by atoms with E-state index in [4.69, 9.17) is 69.1 Å². The summed E-state index contributed by atoms with van der Waals surface area (Å²) in [5, 5.41) is 26.6. The van der Waals surface area contributed by atoms with Crippen LogP contribution in [0.4, 0.5) is 10.5 Å². The molecule has 758 valence electrons. The van der Waals surface area contributed by atoms with Crippen molar-refractivity contribution in [3.8, 4) is 39.8 Å². The number of nitrogens with two attached hydrogens (primary N) is 5. The van der Waals surface area contributed by atoms with Gasteiger partial charge in [-0.2, -0.15) is 10.4 Å². The molecule has 0 bridgehead atoms. The number of ether oxygens (including phenoxy) is 2. The van der Waals surface area contributed by atoms with Crippen molar-refractivity contribution in [3.05, 3.63) is 343 Å². The Balaban J connectivity index is 0.000000133. The summed E-state index contributed by atoms with van der Waals surface area (Å²) in [4.78, 5) is 131. The smallest absolute Gasteiger partial charge is 0.319 e. The van der Waals surface area contributed by atoms with Crippen molar-refractivity contribution in [1.29, 1.82) is 5.26 Å². The van der Waals surface area contributed by atoms with E-state index >= 15 is 0 Å². The van der Waals surface area contributed by atoms with E-state index in [9.17, 15) is 38.8 Å². The summed E-state index contributed by atoms with van der Waals surface area (Å²) >= 11 is 8.70. The van der Waals surface area contributed by atoms with Gasteiger partial charge in [0, 0.05) is 99.1 Å². The number of urea groups is 1. The third-order valence-electron chi connectivity index (χ3n) is 27.7. The van der Waals surface area contributed by atoms with Crippen LogP contribution in [0.25, 0.3) is 44.1 Å². The van der Waals surface area contributed by atoms with Gasteiger partial charge in [-0.05, 0) is 217 Å². The Hall–Kier alpha value is -16.7. The maximum atomic E-state index is 13.7. The first-order chi connectivity index (χ1) is 71.1. The molecule has 5 aromatic heterocycles. The minimum absolute atomic E-state index is 0.0217. The molecule has 0 spiro atoms. The highest BCUT2D eigenvalue weighted by atomic mass is 35.5. The van der Waals surface area contributed by atoms with Crippen molar-refractivity contribution in [1.82, 2.24) is 54.9 Å². The van der Waals surface area contributed by atoms with Gasteiger partial charge in [-0.25, -0.2) is 39.7 Å². The number of nitriles is 1. The molecular formula is C112H116ClN23O10S2. The second kappa shape index (κ2) is 44.5. The quantitative estimate of drug-likeness (QED) is 0.0206. The zero-order chi connectivity index (χ0) is 105. The number of hydrogen-bond acceptors (Lipinski definition) is 26. The van der Waals surface area contributed by atoms with Gasteiger partial charge in [-0.3, -0.25) is 57.9 Å². The number of anilines is 1. The number of nitrogens with zero attached hydrogens (tertiary/aromatic N) is 15. The number of carbonyl (C=O) groups is 7. The molecule has 33 nitrogen and oxygen atoms in total. The summed E-state index contributed by atoms with van der Waals surface area (Å²) in [5.41, 5.74) is 39.4. The Labute approximate surface area is 870 Å². The van der Waals surface area contributed by atoms with Crippen LogP contribution >= 0.6 is 34.3 Å². The van der Waals surface area contributed by atoms with Crippen LogP contribution < -0.4 is 54.1 Å². The maximum Gasteiger partial charge on any atom is 0.319 e. The Morgan fingerprint density at radius 2 is 1.17 bits per heavy atom. The van der Waals surface area contributed by atoms with Crippen LogP contribution in [0.1, 0.15) is 167 Å². The zero-order valence-corrected chi connectivity index (χ0v) is 86.3. The van der Waals surface area contributed by atoms with Crippen molar-refractivity contribution < 1.29 is 47.5 Å². The number of amides is 8. The van der Waals surface area contributed by atoms with Gasteiger partial charge in [-0.15, -0.1) is 22.7 Å². The number of likely N-dealkylation sites (N-methyl/N-ethyl adjacent to an activating group) is 3. The topological polar surface area (TPSA) is 463 Å². The lowest BCUT2D eigenvalue weighted by Gasteiger charge is -2.40. The molecule has 36 heteroatoms. The van der Waals surface area contributed by atoms with E-state index in [1.54, 1.807) is 104 Å². The fourth-order valence-corrected chi connectivity index (χ4v) is 21.1. The summed E-state index contributed by atoms with van der Waals surface area (Å²) in [6.45, 7) is 11.8. The first-order valence-electron chi connectivity index (χ1n) is 48.3. The van der Waals surface area contributed by atoms with Gasteiger partial charge in [0.05, 0.1) is 61.0 Å². The number of fused-ring (bicyclic) bond motifs is 2. The third-order valence-corrected chi connectivity index (χ3v) is 30.2. The standard InChI is InChI=1S/C27H29N5O3.C26H26N4O3.C22H18ClN5O2S.C21H22N4OS.C16H21N5O/c1-35-23-17-9-8-16-22(23)30-26(34)29-18-10-11-19-32-24(33)27(31-25(32)28,20-12-4-2-5-13-20)21-14-6-3-7-15-21;1-26(24(32)30(2)25(27)29-26)19-11-8-10-17(15-19)20-12-5-4-9-18(20)16-28-23(31)21-13-6-7-14-22(21)33-3;1-22(17-8-14(11-31-17)15-9-25-20(23)26-10-15)18(19(29)28(2)21(24)27-22)13-3-4-16-12(7-13)5-6-30-16;1-21(17-11-10-16(12-22)27-17)18(19(26)25(2)20(23)24-21)15-8-6-14(7-9-15)13-4-3-5-13;1-4-7-21-10-11-5-6-12(8-13(11)19-21)16(2)9-14(22)20(3)15(17)18-16/h2-9,12-17H,10-11,18-19H2,1H3,(H2,28,31)(H2,29,30,34);4-15H,16H2,1-3H3,(H2,27,29)(H,28,31);3-11,18H,1-2H3,(H2,24,27);6-11,13,18H,3-5H2,1-2H3,(H2,23,24);5-6,8,10H,4,7,9H2,1-3H3,(H2,17,18)/t;;18?,22-;18?,21-;16-/m..110/s1. The Morgan fingerprint density at radius 3 is 1.81 bits per heavy atom. The molecule has 9 aromatic carbocycles. The largest absolute Gasteiger partial charge is 0.496 e. The van der Waals surface area contributed by atoms with Crippen LogP contribution in [0.15, 0.2) is 302 Å². The molecule has 3 unspecified atom stereocenters. The van der Waals surface area contributed by atoms with Gasteiger partial charge in [0.25, 0.3) is 17.7 Å². The number of nitrogens with one attached hydrogen (secondary N) is 3. The predicted octanol–water partition coefficient (Wildman–Crippen LogP) is 16.9. The molecule has 1 aliphatic carbocycles. The summed E-state index contributed by atoms with van der Waals surface area (Å²) in [7, 11) is 9.67. The Kier molecular flexibility index (Phi) is 31.3. The Morgan fingerprint density at radius 1 is 0.554 bits per heavy atom. The van der Waals surface area contributed by atoms with Crippen LogP contribution in [0, 0.1) is 11.3 Å². The molecule has 1 fully saturated rings. The monoisotopic (exact) mass is 2040 g/mol. The number of carbonyl (C=O) groups excluding carboxylic acids is 7. The molecule has 0 radical (unpaired) electrons. The van der Waals surface area contributed by atoms with Gasteiger partial charge in [-0.1, -0.05) is 183 Å². The molecule has 10 heterocycles. The second-order valence-electron chi connectivity index (χ2n) is 37.3. The number of methoxy groups -OCH3 is 2. The molecule has 6 atom stereocenters. The van der Waals surface area contributed by atoms with E-state index in [0.717, 1.165) is 106 Å². The van der Waals surface area contributed by atoms with Gasteiger partial charge in [0.1, 0.15) is 39.1 Å². The predicted molar refractivity (Wildman–Crippen MR) is 578 cm³/mol. The van der Waals surface area contributed by atoms with Crippen LogP contribution in [-0.4, -0.2) is 171 Å². The maximum absolute atomic E-state index is 13.7. The number of furan rings is 1. The summed E-state index contributed by atoms with van der Waals surface area (Å²) in [5.74, 6) is 1.04. The normalized spacial score (nSPS) is 19.8. The van der Waals surface area contributed by atoms with E-state index < -0.39 is 39.5 Å². The minimum Gasteiger partial charge on any atom is -0.496 e. The molecule has 0 saturated heterocycles. The first kappa shape index (κ1) is 104. The molecule has 20 rings (SSSR count). The van der Waals surface area contributed by atoms with E-state index in [-0.39, 0.29) is 76.6 Å². The molecular weight excluding hydrogens is 1930 g/mol. The van der Waals surface area contributed by atoms with Gasteiger partial charge in [0.15, 0.2) is 40.9 Å². The lowest BCUT2D eigenvalue weighted by atomic mass is 9.76.